The molecule has 0 saturated heterocycles. The van der Waals surface area contributed by atoms with Crippen LogP contribution in [-0.2, 0) is 14.3 Å². The third-order valence-corrected chi connectivity index (χ3v) is 5.09. The summed E-state index contributed by atoms with van der Waals surface area (Å²) in [6.07, 6.45) is 0.178. The summed E-state index contributed by atoms with van der Waals surface area (Å²) >= 11 is 1.56. The van der Waals surface area contributed by atoms with E-state index in [1.165, 1.54) is 0 Å². The highest BCUT2D eigenvalue weighted by Gasteiger charge is 2.36. The molecule has 0 radical (unpaired) electrons. The molecule has 4 nitrogen and oxygen atoms in total. The highest BCUT2D eigenvalue weighted by molar-refractivity contribution is 7.16. The van der Waals surface area contributed by atoms with Crippen molar-refractivity contribution in [1.29, 1.82) is 0 Å². The Hall–Kier alpha value is -2.14. The van der Waals surface area contributed by atoms with Gasteiger partial charge in [-0.05, 0) is 18.6 Å². The summed E-state index contributed by atoms with van der Waals surface area (Å²) in [5, 5.41) is 0. The highest BCUT2D eigenvalue weighted by atomic mass is 32.1. The van der Waals surface area contributed by atoms with Crippen molar-refractivity contribution in [2.75, 3.05) is 18.6 Å². The fourth-order valence-corrected chi connectivity index (χ4v) is 3.91. The van der Waals surface area contributed by atoms with E-state index < -0.39 is 5.92 Å². The van der Waals surface area contributed by atoms with Crippen LogP contribution in [0.25, 0.3) is 10.4 Å². The van der Waals surface area contributed by atoms with Crippen molar-refractivity contribution in [2.45, 2.75) is 19.3 Å². The average Bonchev–Trinajstić information content (AvgIpc) is 2.97. The SMILES string of the molecule is CCOC(=O)C1CC(=O)N(C)c2cc(-c3ccccc3)sc21. The van der Waals surface area contributed by atoms with E-state index in [4.69, 9.17) is 4.74 Å². The first kappa shape index (κ1) is 14.8. The molecule has 0 saturated carbocycles. The fourth-order valence-electron chi connectivity index (χ4n) is 2.62. The molecule has 1 aliphatic rings. The van der Waals surface area contributed by atoms with E-state index >= 15 is 0 Å². The van der Waals surface area contributed by atoms with Gasteiger partial charge in [-0.3, -0.25) is 9.59 Å². The van der Waals surface area contributed by atoms with Crippen LogP contribution in [0.4, 0.5) is 5.69 Å². The minimum Gasteiger partial charge on any atom is -0.465 e. The summed E-state index contributed by atoms with van der Waals surface area (Å²) in [6, 6.07) is 12.0. The first-order chi connectivity index (χ1) is 10.6. The molecule has 22 heavy (non-hydrogen) atoms. The zero-order valence-electron chi connectivity index (χ0n) is 12.5. The third-order valence-electron chi connectivity index (χ3n) is 3.80. The van der Waals surface area contributed by atoms with Crippen LogP contribution in [-0.4, -0.2) is 25.5 Å². The molecule has 0 N–H and O–H groups in total. The van der Waals surface area contributed by atoms with E-state index in [1.807, 2.05) is 36.4 Å². The van der Waals surface area contributed by atoms with Crippen molar-refractivity contribution in [2.24, 2.45) is 0 Å². The first-order valence-electron chi connectivity index (χ1n) is 7.24. The Morgan fingerprint density at radius 1 is 1.36 bits per heavy atom. The Balaban J connectivity index is 2.05. The molecular weight excluding hydrogens is 298 g/mol. The highest BCUT2D eigenvalue weighted by Crippen LogP contribution is 2.45. The van der Waals surface area contributed by atoms with Gasteiger partial charge in [0.15, 0.2) is 0 Å². The Labute approximate surface area is 133 Å². The predicted molar refractivity (Wildman–Crippen MR) is 87.2 cm³/mol. The van der Waals surface area contributed by atoms with Gasteiger partial charge < -0.3 is 9.64 Å². The number of esters is 1. The molecule has 1 aromatic carbocycles. The van der Waals surface area contributed by atoms with Crippen LogP contribution in [0, 0.1) is 0 Å². The average molecular weight is 315 g/mol. The predicted octanol–water partition coefficient (Wildman–Crippen LogP) is 3.43. The van der Waals surface area contributed by atoms with E-state index in [0.29, 0.717) is 6.61 Å². The van der Waals surface area contributed by atoms with E-state index in [9.17, 15) is 9.59 Å². The molecule has 1 aliphatic heterocycles. The number of amides is 1. The maximum Gasteiger partial charge on any atom is 0.314 e. The number of fused-ring (bicyclic) bond motifs is 1. The van der Waals surface area contributed by atoms with Gasteiger partial charge in [0.1, 0.15) is 5.92 Å². The quantitative estimate of drug-likeness (QED) is 0.815. The second-order valence-electron chi connectivity index (χ2n) is 5.19. The summed E-state index contributed by atoms with van der Waals surface area (Å²) in [5.41, 5.74) is 1.91. The molecule has 2 aromatic rings. The molecule has 0 aliphatic carbocycles. The van der Waals surface area contributed by atoms with Gasteiger partial charge in [-0.25, -0.2) is 0 Å². The molecule has 2 heterocycles. The zero-order chi connectivity index (χ0) is 15.7. The number of thiophene rings is 1. The summed E-state index contributed by atoms with van der Waals surface area (Å²) in [7, 11) is 1.75. The molecule has 1 aromatic heterocycles. The zero-order valence-corrected chi connectivity index (χ0v) is 13.4. The molecule has 0 bridgehead atoms. The number of anilines is 1. The van der Waals surface area contributed by atoms with Crippen LogP contribution in [0.1, 0.15) is 24.1 Å². The summed E-state index contributed by atoms with van der Waals surface area (Å²) in [6.45, 7) is 2.10. The second-order valence-corrected chi connectivity index (χ2v) is 6.27. The number of nitrogens with zero attached hydrogens (tertiary/aromatic N) is 1. The van der Waals surface area contributed by atoms with E-state index in [0.717, 1.165) is 21.0 Å². The van der Waals surface area contributed by atoms with Gasteiger partial charge >= 0.3 is 5.97 Å². The lowest BCUT2D eigenvalue weighted by Crippen LogP contribution is -2.35. The van der Waals surface area contributed by atoms with Gasteiger partial charge in [-0.2, -0.15) is 0 Å². The first-order valence-corrected chi connectivity index (χ1v) is 8.05. The van der Waals surface area contributed by atoms with Gasteiger partial charge in [-0.15, -0.1) is 11.3 Å². The topological polar surface area (TPSA) is 46.6 Å². The van der Waals surface area contributed by atoms with Crippen molar-refractivity contribution in [3.05, 3.63) is 41.3 Å². The molecule has 1 atom stereocenters. The Bertz CT molecular complexity index is 708. The van der Waals surface area contributed by atoms with Crippen molar-refractivity contribution >= 4 is 28.9 Å². The van der Waals surface area contributed by atoms with Gasteiger partial charge in [0, 0.05) is 23.2 Å². The number of rotatable bonds is 3. The van der Waals surface area contributed by atoms with Gasteiger partial charge in [0.05, 0.1) is 12.3 Å². The van der Waals surface area contributed by atoms with Crippen molar-refractivity contribution < 1.29 is 14.3 Å². The number of hydrogen-bond donors (Lipinski definition) is 0. The van der Waals surface area contributed by atoms with Crippen LogP contribution >= 0.6 is 11.3 Å². The van der Waals surface area contributed by atoms with Gasteiger partial charge in [-0.1, -0.05) is 30.3 Å². The maximum absolute atomic E-state index is 12.2. The monoisotopic (exact) mass is 315 g/mol. The van der Waals surface area contributed by atoms with Crippen molar-refractivity contribution in [1.82, 2.24) is 0 Å². The molecule has 0 spiro atoms. The summed E-state index contributed by atoms with van der Waals surface area (Å²) in [5.74, 6) is -0.851. The Morgan fingerprint density at radius 2 is 2.09 bits per heavy atom. The molecule has 0 fully saturated rings. The molecule has 3 rings (SSSR count). The minimum absolute atomic E-state index is 0.0528. The van der Waals surface area contributed by atoms with Crippen LogP contribution < -0.4 is 4.90 Å². The fraction of sp³-hybridized carbons (Fsp3) is 0.294. The van der Waals surface area contributed by atoms with Crippen molar-refractivity contribution in [3.8, 4) is 10.4 Å². The van der Waals surface area contributed by atoms with E-state index in [2.05, 4.69) is 0 Å². The smallest absolute Gasteiger partial charge is 0.314 e. The number of carbonyl (C=O) groups is 2. The van der Waals surface area contributed by atoms with Crippen LogP contribution in [0.2, 0.25) is 0 Å². The van der Waals surface area contributed by atoms with Crippen LogP contribution in [0.3, 0.4) is 0 Å². The van der Waals surface area contributed by atoms with E-state index in [1.54, 1.807) is 30.2 Å². The van der Waals surface area contributed by atoms with Crippen molar-refractivity contribution in [3.63, 3.8) is 0 Å². The minimum atomic E-state index is -0.485. The second kappa shape index (κ2) is 5.93. The summed E-state index contributed by atoms with van der Waals surface area (Å²) < 4.78 is 5.13. The largest absolute Gasteiger partial charge is 0.465 e. The van der Waals surface area contributed by atoms with Gasteiger partial charge in [0.2, 0.25) is 5.91 Å². The van der Waals surface area contributed by atoms with Crippen LogP contribution in [0.5, 0.6) is 0 Å². The van der Waals surface area contributed by atoms with E-state index in [-0.39, 0.29) is 18.3 Å². The molecule has 1 amide bonds. The summed E-state index contributed by atoms with van der Waals surface area (Å²) in [4.78, 5) is 27.9. The standard InChI is InChI=1S/C17H17NO3S/c1-3-21-17(20)12-9-15(19)18(2)13-10-14(22-16(12)13)11-7-5-4-6-8-11/h4-8,10,12H,3,9H2,1-2H3. The molecule has 114 valence electrons. The lowest BCUT2D eigenvalue weighted by Gasteiger charge is -2.27. The lowest BCUT2D eigenvalue weighted by atomic mass is 9.97. The molecule has 5 heteroatoms. The molecular formula is C17H17NO3S. The number of ether oxygens (including phenoxy) is 1. The number of hydrogen-bond acceptors (Lipinski definition) is 4. The molecule has 1 unspecified atom stereocenters. The van der Waals surface area contributed by atoms with Gasteiger partial charge in [0.25, 0.3) is 0 Å². The lowest BCUT2D eigenvalue weighted by molar-refractivity contribution is -0.146. The number of benzene rings is 1. The normalized spacial score (nSPS) is 17.3. The third kappa shape index (κ3) is 2.52. The Morgan fingerprint density at radius 3 is 2.77 bits per heavy atom. The number of carbonyl (C=O) groups excluding carboxylic acids is 2. The maximum atomic E-state index is 12.2. The Kier molecular flexibility index (Phi) is 3.98. The van der Waals surface area contributed by atoms with Crippen LogP contribution in [0.15, 0.2) is 36.4 Å².